The largest absolute Gasteiger partial charge is 0.275 e. The number of nitrogens with zero attached hydrogens (tertiary/aromatic N) is 1. The molecule has 16 heavy (non-hydrogen) atoms. The lowest BCUT2D eigenvalue weighted by Crippen LogP contribution is -2.26. The second-order valence-electron chi connectivity index (χ2n) is 3.63. The fraction of sp³-hybridized carbons (Fsp3) is 0.417. The van der Waals surface area contributed by atoms with Crippen LogP contribution in [0.4, 0.5) is 0 Å². The van der Waals surface area contributed by atoms with Crippen LogP contribution in [-0.2, 0) is 9.63 Å². The van der Waals surface area contributed by atoms with E-state index in [9.17, 15) is 4.79 Å². The summed E-state index contributed by atoms with van der Waals surface area (Å²) in [6.45, 7) is 4.10. The zero-order valence-corrected chi connectivity index (χ0v) is 10.9. The van der Waals surface area contributed by atoms with Crippen molar-refractivity contribution in [1.29, 1.82) is 0 Å². The van der Waals surface area contributed by atoms with Gasteiger partial charge in [-0.25, -0.2) is 5.06 Å². The molecule has 1 amide bonds. The Hall–Kier alpha value is -1.00. The standard InChI is InChI=1S/C12H17NO2S/c1-9-5-6-10(2)11(7-9)16-8-12(14)13(3)15-4/h5-7H,8H2,1-4H3. The van der Waals surface area contributed by atoms with Crippen LogP contribution in [-0.4, -0.2) is 30.9 Å². The summed E-state index contributed by atoms with van der Waals surface area (Å²) >= 11 is 1.54. The van der Waals surface area contributed by atoms with Gasteiger partial charge in [-0.1, -0.05) is 17.7 Å². The maximum atomic E-state index is 11.5. The molecule has 0 aromatic heterocycles. The molecule has 0 atom stereocenters. The maximum absolute atomic E-state index is 11.5. The van der Waals surface area contributed by atoms with Gasteiger partial charge in [0, 0.05) is 11.9 Å². The number of hydroxylamine groups is 2. The van der Waals surface area contributed by atoms with Crippen molar-refractivity contribution in [3.05, 3.63) is 29.3 Å². The van der Waals surface area contributed by atoms with Crippen molar-refractivity contribution in [2.24, 2.45) is 0 Å². The van der Waals surface area contributed by atoms with Crippen molar-refractivity contribution < 1.29 is 9.63 Å². The van der Waals surface area contributed by atoms with Crippen molar-refractivity contribution >= 4 is 17.7 Å². The van der Waals surface area contributed by atoms with Crippen molar-refractivity contribution in [2.75, 3.05) is 19.9 Å². The van der Waals surface area contributed by atoms with Gasteiger partial charge in [0.25, 0.3) is 5.91 Å². The van der Waals surface area contributed by atoms with E-state index < -0.39 is 0 Å². The summed E-state index contributed by atoms with van der Waals surface area (Å²) in [4.78, 5) is 17.5. The molecular weight excluding hydrogens is 222 g/mol. The molecule has 0 aliphatic carbocycles. The molecule has 0 fully saturated rings. The number of hydrogen-bond donors (Lipinski definition) is 0. The number of thioether (sulfide) groups is 1. The molecule has 1 aromatic rings. The Morgan fingerprint density at radius 3 is 2.75 bits per heavy atom. The first-order chi connectivity index (χ1) is 7.54. The van der Waals surface area contributed by atoms with Crippen molar-refractivity contribution in [2.45, 2.75) is 18.7 Å². The lowest BCUT2D eigenvalue weighted by atomic mass is 10.2. The third kappa shape index (κ3) is 3.54. The predicted octanol–water partition coefficient (Wildman–Crippen LogP) is 2.42. The molecule has 0 saturated heterocycles. The summed E-state index contributed by atoms with van der Waals surface area (Å²) in [5.74, 6) is 0.364. The van der Waals surface area contributed by atoms with Crippen LogP contribution >= 0.6 is 11.8 Å². The second kappa shape index (κ2) is 5.92. The average molecular weight is 239 g/mol. The van der Waals surface area contributed by atoms with Crippen molar-refractivity contribution in [3.63, 3.8) is 0 Å². The molecule has 0 aliphatic heterocycles. The third-order valence-corrected chi connectivity index (χ3v) is 3.46. The third-order valence-electron chi connectivity index (χ3n) is 2.32. The van der Waals surface area contributed by atoms with Gasteiger partial charge in [0.1, 0.15) is 0 Å². The van der Waals surface area contributed by atoms with E-state index in [1.165, 1.54) is 23.3 Å². The van der Waals surface area contributed by atoms with Gasteiger partial charge in [-0.3, -0.25) is 9.63 Å². The zero-order valence-electron chi connectivity index (χ0n) is 10.1. The van der Waals surface area contributed by atoms with Crippen molar-refractivity contribution in [3.8, 4) is 0 Å². The molecule has 3 nitrogen and oxygen atoms in total. The molecule has 0 radical (unpaired) electrons. The van der Waals surface area contributed by atoms with Crippen molar-refractivity contribution in [1.82, 2.24) is 5.06 Å². The Kier molecular flexibility index (Phi) is 4.83. The second-order valence-corrected chi connectivity index (χ2v) is 4.65. The molecule has 0 heterocycles. The van der Waals surface area contributed by atoms with Crippen LogP contribution < -0.4 is 0 Å². The maximum Gasteiger partial charge on any atom is 0.256 e. The highest BCUT2D eigenvalue weighted by atomic mass is 32.2. The monoisotopic (exact) mass is 239 g/mol. The highest BCUT2D eigenvalue weighted by Gasteiger charge is 2.09. The number of amides is 1. The van der Waals surface area contributed by atoms with Crippen LogP contribution in [0.5, 0.6) is 0 Å². The lowest BCUT2D eigenvalue weighted by molar-refractivity contribution is -0.165. The average Bonchev–Trinajstić information content (AvgIpc) is 2.28. The molecule has 0 unspecified atom stereocenters. The van der Waals surface area contributed by atoms with Crippen LogP contribution in [0.1, 0.15) is 11.1 Å². The van der Waals surface area contributed by atoms with E-state index in [-0.39, 0.29) is 5.91 Å². The van der Waals surface area contributed by atoms with Crippen LogP contribution in [0.3, 0.4) is 0 Å². The zero-order chi connectivity index (χ0) is 12.1. The van der Waals surface area contributed by atoms with Crippen LogP contribution in [0.15, 0.2) is 23.1 Å². The highest BCUT2D eigenvalue weighted by molar-refractivity contribution is 8.00. The normalized spacial score (nSPS) is 10.2. The van der Waals surface area contributed by atoms with Gasteiger partial charge in [0.15, 0.2) is 0 Å². The van der Waals surface area contributed by atoms with E-state index in [0.29, 0.717) is 5.75 Å². The quantitative estimate of drug-likeness (QED) is 0.597. The minimum Gasteiger partial charge on any atom is -0.275 e. The van der Waals surface area contributed by atoms with Gasteiger partial charge in [-0.05, 0) is 25.5 Å². The molecule has 0 N–H and O–H groups in total. The first-order valence-electron chi connectivity index (χ1n) is 5.05. The predicted molar refractivity (Wildman–Crippen MR) is 66.4 cm³/mol. The summed E-state index contributed by atoms with van der Waals surface area (Å²) in [5.41, 5.74) is 2.41. The van der Waals surface area contributed by atoms with Gasteiger partial charge in [0.2, 0.25) is 0 Å². The number of hydrogen-bond acceptors (Lipinski definition) is 3. The molecule has 0 spiro atoms. The van der Waals surface area contributed by atoms with Crippen LogP contribution in [0.2, 0.25) is 0 Å². The Bertz CT molecular complexity index is 379. The Balaban J connectivity index is 2.61. The fourth-order valence-corrected chi connectivity index (χ4v) is 2.22. The van der Waals surface area contributed by atoms with Gasteiger partial charge >= 0.3 is 0 Å². The van der Waals surface area contributed by atoms with E-state index in [1.807, 2.05) is 13.8 Å². The smallest absolute Gasteiger partial charge is 0.256 e. The highest BCUT2D eigenvalue weighted by Crippen LogP contribution is 2.23. The Morgan fingerprint density at radius 2 is 2.12 bits per heavy atom. The van der Waals surface area contributed by atoms with Gasteiger partial charge in [0.05, 0.1) is 12.9 Å². The van der Waals surface area contributed by atoms with Gasteiger partial charge in [-0.15, -0.1) is 11.8 Å². The molecule has 0 bridgehead atoms. The van der Waals surface area contributed by atoms with Gasteiger partial charge in [-0.2, -0.15) is 0 Å². The van der Waals surface area contributed by atoms with E-state index in [4.69, 9.17) is 4.84 Å². The first kappa shape index (κ1) is 13.1. The summed E-state index contributed by atoms with van der Waals surface area (Å²) in [5, 5.41) is 1.25. The molecular formula is C12H17NO2S. The fourth-order valence-electron chi connectivity index (χ4n) is 1.20. The summed E-state index contributed by atoms with van der Waals surface area (Å²) in [6.07, 6.45) is 0. The lowest BCUT2D eigenvalue weighted by Gasteiger charge is -2.13. The number of carbonyl (C=O) groups is 1. The summed E-state index contributed by atoms with van der Waals surface area (Å²) in [7, 11) is 3.10. The molecule has 88 valence electrons. The molecule has 1 rings (SSSR count). The van der Waals surface area contributed by atoms with Crippen LogP contribution in [0.25, 0.3) is 0 Å². The summed E-state index contributed by atoms with van der Waals surface area (Å²) < 4.78 is 0. The molecule has 0 saturated carbocycles. The Labute approximate surface area is 101 Å². The van der Waals surface area contributed by atoms with E-state index in [0.717, 1.165) is 4.90 Å². The van der Waals surface area contributed by atoms with E-state index in [1.54, 1.807) is 18.8 Å². The molecule has 1 aromatic carbocycles. The topological polar surface area (TPSA) is 29.5 Å². The Morgan fingerprint density at radius 1 is 1.44 bits per heavy atom. The molecule has 4 heteroatoms. The molecule has 0 aliphatic rings. The van der Waals surface area contributed by atoms with Crippen LogP contribution in [0, 0.1) is 13.8 Å². The number of aryl methyl sites for hydroxylation is 2. The number of carbonyl (C=O) groups excluding carboxylic acids is 1. The minimum atomic E-state index is -0.0339. The van der Waals surface area contributed by atoms with E-state index in [2.05, 4.69) is 18.2 Å². The summed E-state index contributed by atoms with van der Waals surface area (Å²) in [6, 6.07) is 6.24. The first-order valence-corrected chi connectivity index (χ1v) is 6.04. The SMILES string of the molecule is CON(C)C(=O)CSc1cc(C)ccc1C. The number of benzene rings is 1. The van der Waals surface area contributed by atoms with Gasteiger partial charge < -0.3 is 0 Å². The van der Waals surface area contributed by atoms with E-state index >= 15 is 0 Å². The number of rotatable bonds is 4. The minimum absolute atomic E-state index is 0.0339.